The van der Waals surface area contributed by atoms with Gasteiger partial charge in [-0.2, -0.15) is 0 Å². The molecular formula is C34H40Cl3N3O4. The maximum atomic E-state index is 13.9. The van der Waals surface area contributed by atoms with Crippen molar-refractivity contribution in [2.45, 2.75) is 58.7 Å². The van der Waals surface area contributed by atoms with Crippen molar-refractivity contribution in [1.82, 2.24) is 15.5 Å². The minimum absolute atomic E-state index is 0. The first kappa shape index (κ1) is 33.9. The van der Waals surface area contributed by atoms with E-state index >= 15 is 0 Å². The number of rotatable bonds is 11. The second-order valence-corrected chi connectivity index (χ2v) is 12.4. The fourth-order valence-corrected chi connectivity index (χ4v) is 6.16. The summed E-state index contributed by atoms with van der Waals surface area (Å²) in [5.41, 5.74) is 5.09. The molecule has 2 N–H and O–H groups in total. The predicted molar refractivity (Wildman–Crippen MR) is 178 cm³/mol. The van der Waals surface area contributed by atoms with Gasteiger partial charge >= 0.3 is 0 Å². The summed E-state index contributed by atoms with van der Waals surface area (Å²) in [6.45, 7) is 8.56. The second kappa shape index (κ2) is 15.3. The molecule has 236 valence electrons. The van der Waals surface area contributed by atoms with Gasteiger partial charge in [-0.15, -0.1) is 12.4 Å². The van der Waals surface area contributed by atoms with Crippen LogP contribution in [0.4, 0.5) is 0 Å². The molecule has 3 aromatic carbocycles. The molecule has 1 aliphatic heterocycles. The first-order valence-corrected chi connectivity index (χ1v) is 15.6. The number of halogens is 3. The monoisotopic (exact) mass is 659 g/mol. The van der Waals surface area contributed by atoms with Gasteiger partial charge in [-0.1, -0.05) is 41.4 Å². The summed E-state index contributed by atoms with van der Waals surface area (Å²) in [4.78, 5) is 29.1. The van der Waals surface area contributed by atoms with Gasteiger partial charge in [-0.05, 0) is 105 Å². The van der Waals surface area contributed by atoms with E-state index in [9.17, 15) is 9.59 Å². The van der Waals surface area contributed by atoms with Crippen LogP contribution in [0.5, 0.6) is 11.5 Å². The second-order valence-electron chi connectivity index (χ2n) is 11.6. The Balaban J connectivity index is 0.00000442. The lowest BCUT2D eigenvalue weighted by Crippen LogP contribution is -2.55. The molecule has 44 heavy (non-hydrogen) atoms. The van der Waals surface area contributed by atoms with Crippen molar-refractivity contribution >= 4 is 47.4 Å². The predicted octanol–water partition coefficient (Wildman–Crippen LogP) is 6.70. The highest BCUT2D eigenvalue weighted by Crippen LogP contribution is 2.34. The summed E-state index contributed by atoms with van der Waals surface area (Å²) in [6, 6.07) is 17.0. The van der Waals surface area contributed by atoms with E-state index in [0.29, 0.717) is 46.6 Å². The largest absolute Gasteiger partial charge is 0.490 e. The molecule has 5 rings (SSSR count). The number of benzene rings is 3. The Morgan fingerprint density at radius 1 is 0.909 bits per heavy atom. The molecule has 0 aromatic heterocycles. The van der Waals surface area contributed by atoms with E-state index < -0.39 is 0 Å². The van der Waals surface area contributed by atoms with Crippen LogP contribution in [0, 0.1) is 26.7 Å². The van der Waals surface area contributed by atoms with Gasteiger partial charge in [0, 0.05) is 30.7 Å². The van der Waals surface area contributed by atoms with Crippen LogP contribution in [-0.2, 0) is 11.3 Å². The summed E-state index contributed by atoms with van der Waals surface area (Å²) in [5, 5.41) is 7.43. The topological polar surface area (TPSA) is 79.9 Å². The summed E-state index contributed by atoms with van der Waals surface area (Å²) in [5.74, 6) is 0.642. The van der Waals surface area contributed by atoms with Crippen LogP contribution < -0.4 is 20.1 Å². The zero-order chi connectivity index (χ0) is 30.5. The molecule has 1 heterocycles. The van der Waals surface area contributed by atoms with Crippen LogP contribution in [0.2, 0.25) is 10.0 Å². The van der Waals surface area contributed by atoms with Crippen molar-refractivity contribution in [3.05, 3.63) is 92.5 Å². The van der Waals surface area contributed by atoms with E-state index in [1.165, 1.54) is 11.1 Å². The molecule has 0 radical (unpaired) electrons. The zero-order valence-corrected chi connectivity index (χ0v) is 27.7. The number of carbonyl (C=O) groups is 2. The maximum absolute atomic E-state index is 13.9. The Morgan fingerprint density at radius 2 is 1.59 bits per heavy atom. The average molecular weight is 661 g/mol. The number of nitrogens with zero attached hydrogens (tertiary/aromatic N) is 1. The number of hydrogen-bond donors (Lipinski definition) is 2. The molecule has 1 aliphatic carbocycles. The number of aryl methyl sites for hydroxylation is 3. The normalized spacial score (nSPS) is 17.8. The van der Waals surface area contributed by atoms with Crippen LogP contribution in [-0.4, -0.2) is 55.1 Å². The van der Waals surface area contributed by atoms with E-state index in [0.717, 1.165) is 30.5 Å². The van der Waals surface area contributed by atoms with Crippen molar-refractivity contribution in [3.63, 3.8) is 0 Å². The van der Waals surface area contributed by atoms with Gasteiger partial charge in [0.15, 0.2) is 5.75 Å². The molecule has 2 amide bonds. The Hall–Kier alpha value is -2.97. The quantitative estimate of drug-likeness (QED) is 0.224. The molecule has 3 aromatic rings. The van der Waals surface area contributed by atoms with Crippen molar-refractivity contribution in [2.24, 2.45) is 5.92 Å². The van der Waals surface area contributed by atoms with Gasteiger partial charge in [0.1, 0.15) is 19.0 Å². The Morgan fingerprint density at radius 3 is 2.25 bits per heavy atom. The highest BCUT2D eigenvalue weighted by atomic mass is 35.5. The molecule has 10 heteroatoms. The molecule has 7 nitrogen and oxygen atoms in total. The third-order valence-electron chi connectivity index (χ3n) is 8.17. The Labute approximate surface area is 276 Å². The fraction of sp³-hybridized carbons (Fsp3) is 0.412. The summed E-state index contributed by atoms with van der Waals surface area (Å²) in [7, 11) is 0. The van der Waals surface area contributed by atoms with Crippen LogP contribution in [0.25, 0.3) is 0 Å². The standard InChI is InChI=1S/C34H39Cl2N3O4.ClH/c1-21-16-29(35)32(30(36)17-21)43-15-14-42-27-10-6-25(7-11-27)33(40)38-31-12-13-37-19-28(31)34(41)39(26-8-9-26)20-24-5-4-22(2)23(3)18-24;/h4-7,10-11,16-18,26,28,31,37H,8-9,12-15,19-20H2,1-3H3,(H,38,40);1H. The van der Waals surface area contributed by atoms with Crippen molar-refractivity contribution in [1.29, 1.82) is 0 Å². The van der Waals surface area contributed by atoms with Crippen LogP contribution in [0.15, 0.2) is 54.6 Å². The molecular weight excluding hydrogens is 621 g/mol. The molecule has 2 atom stereocenters. The van der Waals surface area contributed by atoms with Gasteiger partial charge in [0.2, 0.25) is 5.91 Å². The first-order valence-electron chi connectivity index (χ1n) is 14.9. The smallest absolute Gasteiger partial charge is 0.251 e. The van der Waals surface area contributed by atoms with Crippen LogP contribution >= 0.6 is 35.6 Å². The number of carbonyl (C=O) groups excluding carboxylic acids is 2. The lowest BCUT2D eigenvalue weighted by molar-refractivity contribution is -0.138. The van der Waals surface area contributed by atoms with E-state index in [-0.39, 0.29) is 55.4 Å². The van der Waals surface area contributed by atoms with Gasteiger partial charge in [-0.25, -0.2) is 0 Å². The number of ether oxygens (including phenoxy) is 2. The summed E-state index contributed by atoms with van der Waals surface area (Å²) in [6.07, 6.45) is 2.75. The SMILES string of the molecule is Cc1cc(Cl)c(OCCOc2ccc(C(=O)NC3CCNCC3C(=O)N(Cc3ccc(C)c(C)c3)C3CC3)cc2)c(Cl)c1.Cl. The number of nitrogens with one attached hydrogen (secondary N) is 2. The van der Waals surface area contributed by atoms with Gasteiger partial charge < -0.3 is 25.0 Å². The first-order chi connectivity index (χ1) is 20.7. The number of amides is 2. The molecule has 1 saturated carbocycles. The minimum Gasteiger partial charge on any atom is -0.490 e. The highest BCUT2D eigenvalue weighted by molar-refractivity contribution is 6.37. The Kier molecular flexibility index (Phi) is 11.8. The molecule has 0 spiro atoms. The third kappa shape index (κ3) is 8.60. The van der Waals surface area contributed by atoms with Crippen molar-refractivity contribution in [3.8, 4) is 11.5 Å². The Bertz CT molecular complexity index is 1440. The maximum Gasteiger partial charge on any atom is 0.251 e. The van der Waals surface area contributed by atoms with E-state index in [2.05, 4.69) is 42.7 Å². The van der Waals surface area contributed by atoms with Crippen LogP contribution in [0.3, 0.4) is 0 Å². The van der Waals surface area contributed by atoms with Gasteiger partial charge in [0.05, 0.1) is 16.0 Å². The third-order valence-corrected chi connectivity index (χ3v) is 8.73. The highest BCUT2D eigenvalue weighted by Gasteiger charge is 2.40. The number of hydrogen-bond acceptors (Lipinski definition) is 5. The fourth-order valence-electron chi connectivity index (χ4n) is 5.46. The van der Waals surface area contributed by atoms with Crippen molar-refractivity contribution in [2.75, 3.05) is 26.3 Å². The van der Waals surface area contributed by atoms with Gasteiger partial charge in [0.25, 0.3) is 5.91 Å². The van der Waals surface area contributed by atoms with Crippen molar-refractivity contribution < 1.29 is 19.1 Å². The molecule has 2 fully saturated rings. The lowest BCUT2D eigenvalue weighted by atomic mass is 9.91. The molecule has 2 unspecified atom stereocenters. The van der Waals surface area contributed by atoms with Crippen LogP contribution in [0.1, 0.15) is 51.9 Å². The number of piperidine rings is 1. The molecule has 0 bridgehead atoms. The molecule has 1 saturated heterocycles. The minimum atomic E-state index is -0.317. The van der Waals surface area contributed by atoms with E-state index in [1.54, 1.807) is 36.4 Å². The zero-order valence-electron chi connectivity index (χ0n) is 25.3. The average Bonchev–Trinajstić information content (AvgIpc) is 3.82. The summed E-state index contributed by atoms with van der Waals surface area (Å²) >= 11 is 12.5. The van der Waals surface area contributed by atoms with E-state index in [4.69, 9.17) is 32.7 Å². The molecule has 2 aliphatic rings. The lowest BCUT2D eigenvalue weighted by Gasteiger charge is -2.36. The van der Waals surface area contributed by atoms with E-state index in [1.807, 2.05) is 11.8 Å². The van der Waals surface area contributed by atoms with Gasteiger partial charge in [-0.3, -0.25) is 9.59 Å². The summed E-state index contributed by atoms with van der Waals surface area (Å²) < 4.78 is 11.5.